The van der Waals surface area contributed by atoms with Crippen LogP contribution >= 0.6 is 0 Å². The molecule has 1 rings (SSSR count). The van der Waals surface area contributed by atoms with E-state index in [1.165, 1.54) is 7.11 Å². The maximum Gasteiger partial charge on any atom is 0.313 e. The summed E-state index contributed by atoms with van der Waals surface area (Å²) in [6.45, 7) is 4.67. The van der Waals surface area contributed by atoms with Gasteiger partial charge in [0.2, 0.25) is 0 Å². The fourth-order valence-corrected chi connectivity index (χ4v) is 1.79. The van der Waals surface area contributed by atoms with Crippen LogP contribution in [0, 0.1) is 5.41 Å². The van der Waals surface area contributed by atoms with Crippen LogP contribution in [0.2, 0.25) is 0 Å². The first-order valence-electron chi connectivity index (χ1n) is 7.03. The van der Waals surface area contributed by atoms with Crippen LogP contribution in [0.4, 0.5) is 0 Å². The zero-order chi connectivity index (χ0) is 15.7. The van der Waals surface area contributed by atoms with Gasteiger partial charge < -0.3 is 19.3 Å². The first kappa shape index (κ1) is 17.5. The Morgan fingerprint density at radius 3 is 2.48 bits per heavy atom. The van der Waals surface area contributed by atoms with Gasteiger partial charge in [0.15, 0.2) is 0 Å². The Labute approximate surface area is 125 Å². The topological polar surface area (TPSA) is 65.0 Å². The number of ether oxygens (including phenoxy) is 3. The Morgan fingerprint density at radius 1 is 1.24 bits per heavy atom. The van der Waals surface area contributed by atoms with Gasteiger partial charge >= 0.3 is 5.97 Å². The van der Waals surface area contributed by atoms with Gasteiger partial charge in [-0.25, -0.2) is 0 Å². The molecule has 0 saturated heterocycles. The standard InChI is InChI=1S/C16H24O5/c1-4-16(2,15(18)19-3)11-21-12-20-10-9-13-5-7-14(17)8-6-13/h5-8,17H,4,9-12H2,1-3H3. The molecule has 0 saturated carbocycles. The van der Waals surface area contributed by atoms with Gasteiger partial charge in [-0.1, -0.05) is 19.1 Å². The van der Waals surface area contributed by atoms with Gasteiger partial charge in [0.05, 0.1) is 25.7 Å². The van der Waals surface area contributed by atoms with Crippen LogP contribution in [0.5, 0.6) is 5.75 Å². The van der Waals surface area contributed by atoms with Gasteiger partial charge in [-0.05, 0) is 37.5 Å². The molecule has 0 fully saturated rings. The molecule has 21 heavy (non-hydrogen) atoms. The maximum absolute atomic E-state index is 11.6. The minimum atomic E-state index is -0.630. The Kier molecular flexibility index (Phi) is 7.19. The van der Waals surface area contributed by atoms with Crippen LogP contribution in [0.15, 0.2) is 24.3 Å². The molecule has 0 heterocycles. The smallest absolute Gasteiger partial charge is 0.313 e. The van der Waals surface area contributed by atoms with Gasteiger partial charge in [-0.2, -0.15) is 0 Å². The first-order chi connectivity index (χ1) is 10.0. The summed E-state index contributed by atoms with van der Waals surface area (Å²) in [6.07, 6.45) is 1.39. The number of carbonyl (C=O) groups is 1. The van der Waals surface area contributed by atoms with Gasteiger partial charge in [0.1, 0.15) is 12.5 Å². The van der Waals surface area contributed by atoms with Crippen LogP contribution in [-0.4, -0.2) is 38.2 Å². The SMILES string of the molecule is CCC(C)(COCOCCc1ccc(O)cc1)C(=O)OC. The predicted molar refractivity (Wildman–Crippen MR) is 79.0 cm³/mol. The predicted octanol–water partition coefficient (Wildman–Crippen LogP) is 2.51. The third kappa shape index (κ3) is 5.73. The number of phenolic OH excluding ortho intramolecular Hbond substituents is 1. The summed E-state index contributed by atoms with van der Waals surface area (Å²) >= 11 is 0. The fourth-order valence-electron chi connectivity index (χ4n) is 1.79. The summed E-state index contributed by atoms with van der Waals surface area (Å²) in [5.41, 5.74) is 0.454. The average molecular weight is 296 g/mol. The molecule has 0 bridgehead atoms. The first-order valence-corrected chi connectivity index (χ1v) is 7.03. The van der Waals surface area contributed by atoms with Crippen molar-refractivity contribution in [2.45, 2.75) is 26.7 Å². The van der Waals surface area contributed by atoms with E-state index in [1.807, 2.05) is 26.0 Å². The highest BCUT2D eigenvalue weighted by Crippen LogP contribution is 2.23. The Hall–Kier alpha value is -1.59. The molecule has 1 atom stereocenters. The Bertz CT molecular complexity index is 429. The lowest BCUT2D eigenvalue weighted by molar-refractivity contribution is -0.159. The molecule has 0 radical (unpaired) electrons. The molecule has 1 N–H and O–H groups in total. The van der Waals surface area contributed by atoms with Crippen molar-refractivity contribution < 1.29 is 24.1 Å². The number of esters is 1. The second-order valence-corrected chi connectivity index (χ2v) is 5.20. The number of hydrogen-bond donors (Lipinski definition) is 1. The third-order valence-electron chi connectivity index (χ3n) is 3.52. The number of rotatable bonds is 9. The van der Waals surface area contributed by atoms with E-state index < -0.39 is 5.41 Å². The Morgan fingerprint density at radius 2 is 1.90 bits per heavy atom. The zero-order valence-corrected chi connectivity index (χ0v) is 12.9. The summed E-state index contributed by atoms with van der Waals surface area (Å²) in [5.74, 6) is -0.0150. The summed E-state index contributed by atoms with van der Waals surface area (Å²) in [7, 11) is 1.38. The average Bonchev–Trinajstić information content (AvgIpc) is 2.51. The molecule has 0 aromatic heterocycles. The Balaban J connectivity index is 2.19. The molecule has 0 aliphatic heterocycles. The minimum Gasteiger partial charge on any atom is -0.508 e. The summed E-state index contributed by atoms with van der Waals surface area (Å²) in [4.78, 5) is 11.6. The highest BCUT2D eigenvalue weighted by molar-refractivity contribution is 5.76. The lowest BCUT2D eigenvalue weighted by atomic mass is 9.89. The summed E-state index contributed by atoms with van der Waals surface area (Å²) in [5, 5.41) is 9.17. The monoisotopic (exact) mass is 296 g/mol. The molecule has 118 valence electrons. The molecule has 0 aliphatic carbocycles. The number of carbonyl (C=O) groups excluding carboxylic acids is 1. The zero-order valence-electron chi connectivity index (χ0n) is 12.9. The molecule has 1 aromatic rings. The fraction of sp³-hybridized carbons (Fsp3) is 0.562. The molecule has 0 amide bonds. The second kappa shape index (κ2) is 8.64. The molecule has 1 aromatic carbocycles. The van der Waals surface area contributed by atoms with E-state index in [4.69, 9.17) is 14.2 Å². The van der Waals surface area contributed by atoms with Crippen molar-refractivity contribution in [3.63, 3.8) is 0 Å². The molecule has 5 heteroatoms. The van der Waals surface area contributed by atoms with Crippen LogP contribution in [0.1, 0.15) is 25.8 Å². The van der Waals surface area contributed by atoms with Crippen LogP contribution in [0.3, 0.4) is 0 Å². The highest BCUT2D eigenvalue weighted by atomic mass is 16.7. The van der Waals surface area contributed by atoms with E-state index in [0.717, 1.165) is 12.0 Å². The number of phenols is 1. The van der Waals surface area contributed by atoms with E-state index in [9.17, 15) is 9.90 Å². The number of aromatic hydroxyl groups is 1. The summed E-state index contributed by atoms with van der Waals surface area (Å²) < 4.78 is 15.6. The minimum absolute atomic E-state index is 0.144. The van der Waals surface area contributed by atoms with Gasteiger partial charge in [-0.3, -0.25) is 4.79 Å². The normalized spacial score (nSPS) is 13.7. The lowest BCUT2D eigenvalue weighted by Crippen LogP contribution is -2.33. The third-order valence-corrected chi connectivity index (χ3v) is 3.52. The van der Waals surface area contributed by atoms with Gasteiger partial charge in [-0.15, -0.1) is 0 Å². The van der Waals surface area contributed by atoms with Crippen molar-refractivity contribution in [3.05, 3.63) is 29.8 Å². The number of methoxy groups -OCH3 is 1. The maximum atomic E-state index is 11.6. The van der Waals surface area contributed by atoms with Gasteiger partial charge in [0, 0.05) is 0 Å². The summed E-state index contributed by atoms with van der Waals surface area (Å²) in [6, 6.07) is 7.00. The van der Waals surface area contributed by atoms with Gasteiger partial charge in [0.25, 0.3) is 0 Å². The second-order valence-electron chi connectivity index (χ2n) is 5.20. The largest absolute Gasteiger partial charge is 0.508 e. The van der Waals surface area contributed by atoms with Crippen molar-refractivity contribution in [1.82, 2.24) is 0 Å². The molecule has 0 spiro atoms. The molecule has 0 aliphatic rings. The lowest BCUT2D eigenvalue weighted by Gasteiger charge is -2.24. The highest BCUT2D eigenvalue weighted by Gasteiger charge is 2.32. The number of benzene rings is 1. The molecule has 5 nitrogen and oxygen atoms in total. The van der Waals surface area contributed by atoms with Crippen LogP contribution in [-0.2, 0) is 25.4 Å². The molecule has 1 unspecified atom stereocenters. The van der Waals surface area contributed by atoms with E-state index in [-0.39, 0.29) is 25.1 Å². The van der Waals surface area contributed by atoms with Crippen molar-refractivity contribution in [3.8, 4) is 5.75 Å². The van der Waals surface area contributed by atoms with E-state index in [2.05, 4.69) is 0 Å². The van der Waals surface area contributed by atoms with E-state index in [1.54, 1.807) is 12.1 Å². The van der Waals surface area contributed by atoms with E-state index in [0.29, 0.717) is 13.0 Å². The van der Waals surface area contributed by atoms with E-state index >= 15 is 0 Å². The van der Waals surface area contributed by atoms with Crippen LogP contribution < -0.4 is 0 Å². The van der Waals surface area contributed by atoms with Crippen molar-refractivity contribution in [2.24, 2.45) is 5.41 Å². The quantitative estimate of drug-likeness (QED) is 0.431. The number of hydrogen-bond acceptors (Lipinski definition) is 5. The molecular weight excluding hydrogens is 272 g/mol. The van der Waals surface area contributed by atoms with Crippen molar-refractivity contribution >= 4 is 5.97 Å². The van der Waals surface area contributed by atoms with Crippen molar-refractivity contribution in [1.29, 1.82) is 0 Å². The van der Waals surface area contributed by atoms with Crippen molar-refractivity contribution in [2.75, 3.05) is 27.1 Å². The molecular formula is C16H24O5. The van der Waals surface area contributed by atoms with Crippen LogP contribution in [0.25, 0.3) is 0 Å².